The number of carbonyl (C=O) groups excluding carboxylic acids is 2. The second-order valence-corrected chi connectivity index (χ2v) is 6.49. The van der Waals surface area contributed by atoms with Gasteiger partial charge < -0.3 is 10.1 Å². The molecule has 0 bridgehead atoms. The molecule has 136 valence electrons. The minimum Gasteiger partial charge on any atom is -0.497 e. The van der Waals surface area contributed by atoms with Crippen LogP contribution >= 0.6 is 0 Å². The zero-order valence-electron chi connectivity index (χ0n) is 15.0. The number of carbonyl (C=O) groups is 2. The number of hydrogen-bond donors (Lipinski definition) is 1. The largest absolute Gasteiger partial charge is 0.497 e. The zero-order chi connectivity index (χ0) is 18.4. The van der Waals surface area contributed by atoms with Gasteiger partial charge in [-0.15, -0.1) is 0 Å². The second-order valence-electron chi connectivity index (χ2n) is 6.49. The van der Waals surface area contributed by atoms with E-state index in [4.69, 9.17) is 4.74 Å². The van der Waals surface area contributed by atoms with Gasteiger partial charge >= 0.3 is 0 Å². The van der Waals surface area contributed by atoms with Gasteiger partial charge in [0.15, 0.2) is 0 Å². The summed E-state index contributed by atoms with van der Waals surface area (Å²) in [6.45, 7) is 2.60. The first kappa shape index (κ1) is 18.1. The molecule has 1 atom stereocenters. The lowest BCUT2D eigenvalue weighted by Gasteiger charge is -2.28. The van der Waals surface area contributed by atoms with E-state index in [1.807, 2.05) is 18.2 Å². The number of benzene rings is 2. The van der Waals surface area contributed by atoms with E-state index in [9.17, 15) is 9.59 Å². The van der Waals surface area contributed by atoms with Crippen molar-refractivity contribution in [3.63, 3.8) is 0 Å². The number of methoxy groups -OCH3 is 1. The maximum absolute atomic E-state index is 12.5. The maximum Gasteiger partial charge on any atom is 0.251 e. The number of aldehydes is 1. The molecule has 0 aliphatic carbocycles. The summed E-state index contributed by atoms with van der Waals surface area (Å²) in [5.41, 5.74) is 2.26. The summed E-state index contributed by atoms with van der Waals surface area (Å²) < 4.78 is 5.35. The fraction of sp³-hybridized carbons (Fsp3) is 0.333. The minimum atomic E-state index is -0.130. The Morgan fingerprint density at radius 1 is 1.19 bits per heavy atom. The van der Waals surface area contributed by atoms with E-state index in [0.29, 0.717) is 17.7 Å². The average Bonchev–Trinajstić information content (AvgIpc) is 3.22. The van der Waals surface area contributed by atoms with Crippen LogP contribution in [0, 0.1) is 0 Å². The second kappa shape index (κ2) is 8.63. The molecule has 1 N–H and O–H groups in total. The first-order chi connectivity index (χ1) is 12.7. The molecule has 0 aromatic heterocycles. The first-order valence-corrected chi connectivity index (χ1v) is 8.92. The molecule has 0 spiro atoms. The molecule has 26 heavy (non-hydrogen) atoms. The predicted octanol–water partition coefficient (Wildman–Crippen LogP) is 3.07. The van der Waals surface area contributed by atoms with Gasteiger partial charge in [-0.2, -0.15) is 0 Å². The Morgan fingerprint density at radius 2 is 1.92 bits per heavy atom. The van der Waals surface area contributed by atoms with Gasteiger partial charge in [0.1, 0.15) is 12.0 Å². The topological polar surface area (TPSA) is 58.6 Å². The normalized spacial score (nSPS) is 15.4. The molecule has 2 aromatic rings. The van der Waals surface area contributed by atoms with E-state index in [0.717, 1.165) is 30.7 Å². The summed E-state index contributed by atoms with van der Waals surface area (Å²) in [5, 5.41) is 3.04. The fourth-order valence-corrected chi connectivity index (χ4v) is 3.36. The van der Waals surface area contributed by atoms with Crippen LogP contribution in [0.1, 0.15) is 45.2 Å². The minimum absolute atomic E-state index is 0.116. The first-order valence-electron chi connectivity index (χ1n) is 8.92. The quantitative estimate of drug-likeness (QED) is 0.778. The van der Waals surface area contributed by atoms with Crippen LogP contribution in [0.25, 0.3) is 0 Å². The van der Waals surface area contributed by atoms with Gasteiger partial charge in [-0.3, -0.25) is 14.5 Å². The Balaban J connectivity index is 1.72. The third-order valence-electron chi connectivity index (χ3n) is 4.82. The van der Waals surface area contributed by atoms with Crippen LogP contribution in [0.15, 0.2) is 48.5 Å². The number of nitrogens with one attached hydrogen (secondary N) is 1. The predicted molar refractivity (Wildman–Crippen MR) is 101 cm³/mol. The van der Waals surface area contributed by atoms with Crippen molar-refractivity contribution in [3.8, 4) is 5.75 Å². The summed E-state index contributed by atoms with van der Waals surface area (Å²) in [6, 6.07) is 14.8. The number of ether oxygens (including phenoxy) is 1. The van der Waals surface area contributed by atoms with Gasteiger partial charge in [0.2, 0.25) is 0 Å². The highest BCUT2D eigenvalue weighted by molar-refractivity contribution is 5.94. The third kappa shape index (κ3) is 4.29. The highest BCUT2D eigenvalue weighted by Crippen LogP contribution is 2.27. The van der Waals surface area contributed by atoms with E-state index in [-0.39, 0.29) is 11.9 Å². The molecule has 1 aliphatic rings. The van der Waals surface area contributed by atoms with Gasteiger partial charge in [0.05, 0.1) is 13.2 Å². The molecule has 5 heteroatoms. The van der Waals surface area contributed by atoms with Crippen molar-refractivity contribution < 1.29 is 14.3 Å². The van der Waals surface area contributed by atoms with Crippen molar-refractivity contribution in [2.75, 3.05) is 26.7 Å². The Kier molecular flexibility index (Phi) is 6.02. The summed E-state index contributed by atoms with van der Waals surface area (Å²) in [7, 11) is 1.66. The van der Waals surface area contributed by atoms with Crippen LogP contribution in [0.3, 0.4) is 0 Å². The van der Waals surface area contributed by atoms with Gasteiger partial charge in [-0.05, 0) is 55.8 Å². The van der Waals surface area contributed by atoms with E-state index in [1.54, 1.807) is 31.4 Å². The molecule has 0 radical (unpaired) electrons. The van der Waals surface area contributed by atoms with E-state index >= 15 is 0 Å². The van der Waals surface area contributed by atoms with Crippen LogP contribution in [0.5, 0.6) is 5.75 Å². The lowest BCUT2D eigenvalue weighted by Crippen LogP contribution is -2.36. The van der Waals surface area contributed by atoms with Crippen molar-refractivity contribution in [1.29, 1.82) is 0 Å². The van der Waals surface area contributed by atoms with Crippen molar-refractivity contribution in [1.82, 2.24) is 10.2 Å². The molecule has 0 saturated carbocycles. The van der Waals surface area contributed by atoms with Crippen molar-refractivity contribution in [3.05, 3.63) is 65.2 Å². The smallest absolute Gasteiger partial charge is 0.251 e. The molecule has 1 unspecified atom stereocenters. The van der Waals surface area contributed by atoms with Crippen LogP contribution in [0.2, 0.25) is 0 Å². The van der Waals surface area contributed by atoms with Crippen LogP contribution in [-0.4, -0.2) is 43.8 Å². The molecule has 1 aliphatic heterocycles. The monoisotopic (exact) mass is 352 g/mol. The maximum atomic E-state index is 12.5. The average molecular weight is 352 g/mol. The number of nitrogens with zero attached hydrogens (tertiary/aromatic N) is 1. The van der Waals surface area contributed by atoms with Crippen LogP contribution in [-0.2, 0) is 0 Å². The summed E-state index contributed by atoms with van der Waals surface area (Å²) >= 11 is 0. The zero-order valence-corrected chi connectivity index (χ0v) is 15.0. The lowest BCUT2D eigenvalue weighted by atomic mass is 10.0. The fourth-order valence-electron chi connectivity index (χ4n) is 3.36. The summed E-state index contributed by atoms with van der Waals surface area (Å²) in [4.78, 5) is 25.6. The molecule has 1 fully saturated rings. The Labute approximate surface area is 154 Å². The molecule has 1 saturated heterocycles. The third-order valence-corrected chi connectivity index (χ3v) is 4.82. The van der Waals surface area contributed by atoms with E-state index in [1.165, 1.54) is 12.8 Å². The lowest BCUT2D eigenvalue weighted by molar-refractivity contribution is 0.0937. The number of likely N-dealkylation sites (tertiary alicyclic amines) is 1. The molecule has 3 rings (SSSR count). The molecule has 1 amide bonds. The van der Waals surface area contributed by atoms with Crippen molar-refractivity contribution >= 4 is 12.2 Å². The highest BCUT2D eigenvalue weighted by Gasteiger charge is 2.24. The molecule has 2 aromatic carbocycles. The van der Waals surface area contributed by atoms with Crippen LogP contribution < -0.4 is 10.1 Å². The van der Waals surface area contributed by atoms with Gasteiger partial charge in [-0.1, -0.05) is 24.3 Å². The van der Waals surface area contributed by atoms with Gasteiger partial charge in [-0.25, -0.2) is 0 Å². The molecular weight excluding hydrogens is 328 g/mol. The Bertz CT molecular complexity index is 752. The van der Waals surface area contributed by atoms with Gasteiger partial charge in [0, 0.05) is 17.7 Å². The molecular formula is C21H24N2O3. The Morgan fingerprint density at radius 3 is 2.58 bits per heavy atom. The van der Waals surface area contributed by atoms with E-state index < -0.39 is 0 Å². The Hall–Kier alpha value is -2.66. The SMILES string of the molecule is COc1cccc(C(CNC(=O)c2ccc(C=O)cc2)N2CCCC2)c1. The molecule has 5 nitrogen and oxygen atoms in total. The van der Waals surface area contributed by atoms with E-state index in [2.05, 4.69) is 16.3 Å². The number of rotatable bonds is 7. The standard InChI is InChI=1S/C21H24N2O3/c1-26-19-6-4-5-18(13-19)20(23-11-2-3-12-23)14-22-21(25)17-9-7-16(15-24)8-10-17/h4-10,13,15,20H,2-3,11-12,14H2,1H3,(H,22,25). The van der Waals surface area contributed by atoms with Crippen molar-refractivity contribution in [2.24, 2.45) is 0 Å². The number of amides is 1. The molecule has 1 heterocycles. The summed E-state index contributed by atoms with van der Waals surface area (Å²) in [5.74, 6) is 0.692. The van der Waals surface area contributed by atoms with Crippen LogP contribution in [0.4, 0.5) is 0 Å². The number of hydrogen-bond acceptors (Lipinski definition) is 4. The van der Waals surface area contributed by atoms with Gasteiger partial charge in [0.25, 0.3) is 5.91 Å². The van der Waals surface area contributed by atoms with Crippen molar-refractivity contribution in [2.45, 2.75) is 18.9 Å². The summed E-state index contributed by atoms with van der Waals surface area (Å²) in [6.07, 6.45) is 3.14. The highest BCUT2D eigenvalue weighted by atomic mass is 16.5.